The van der Waals surface area contributed by atoms with E-state index < -0.39 is 21.5 Å². The maximum Gasteiger partial charge on any atom is 0.265 e. The van der Waals surface area contributed by atoms with Crippen LogP contribution in [0.15, 0.2) is 17.2 Å². The van der Waals surface area contributed by atoms with Crippen LogP contribution in [0.25, 0.3) is 0 Å². The number of aromatic nitrogens is 1. The number of sulfonamides is 1. The number of aryl methyl sites for hydroxylation is 1. The van der Waals surface area contributed by atoms with E-state index in [0.717, 1.165) is 4.31 Å². The summed E-state index contributed by atoms with van der Waals surface area (Å²) in [6.45, 7) is 2.88. The Bertz CT molecular complexity index is 589. The Kier molecular flexibility index (Phi) is 4.08. The van der Waals surface area contributed by atoms with Crippen molar-refractivity contribution in [2.24, 2.45) is 12.8 Å². The summed E-state index contributed by atoms with van der Waals surface area (Å²) >= 11 is 0. The summed E-state index contributed by atoms with van der Waals surface area (Å²) in [6, 6.07) is 1.22. The summed E-state index contributed by atoms with van der Waals surface area (Å²) in [6.07, 6.45) is 1.32. The lowest BCUT2D eigenvalue weighted by atomic mass is 10.1. The summed E-state index contributed by atoms with van der Waals surface area (Å²) in [5.41, 5.74) is 4.31. The molecule has 0 aliphatic carbocycles. The fourth-order valence-electron chi connectivity index (χ4n) is 1.50. The maximum atomic E-state index is 12.4. The Morgan fingerprint density at radius 1 is 1.53 bits per heavy atom. The van der Waals surface area contributed by atoms with Gasteiger partial charge in [0, 0.05) is 20.3 Å². The Morgan fingerprint density at radius 2 is 2.05 bits per heavy atom. The Balaban J connectivity index is 3.29. The Hall–Kier alpha value is -1.38. The number of nitrogens with zero attached hydrogens (tertiary/aromatic N) is 2. The van der Waals surface area contributed by atoms with Crippen LogP contribution in [0, 0.1) is 0 Å². The lowest BCUT2D eigenvalue weighted by molar-refractivity contribution is 0.0992. The molecule has 0 aliphatic heterocycles. The van der Waals surface area contributed by atoms with Crippen molar-refractivity contribution in [2.75, 3.05) is 13.7 Å². The number of likely N-dealkylation sites (N-methyl/N-ethyl adjacent to an activating group) is 1. The molecule has 0 bridgehead atoms. The van der Waals surface area contributed by atoms with Crippen molar-refractivity contribution in [3.8, 4) is 0 Å². The second-order valence-corrected chi connectivity index (χ2v) is 6.95. The van der Waals surface area contributed by atoms with Crippen LogP contribution in [0.2, 0.25) is 0 Å². The third-order valence-corrected chi connectivity index (χ3v) is 5.16. The molecule has 1 heterocycles. The third kappa shape index (κ3) is 2.80. The van der Waals surface area contributed by atoms with Crippen molar-refractivity contribution < 1.29 is 18.3 Å². The average molecular weight is 289 g/mol. The number of carbonyl (C=O) groups is 1. The summed E-state index contributed by atoms with van der Waals surface area (Å²) in [5.74, 6) is -0.701. The van der Waals surface area contributed by atoms with Gasteiger partial charge in [-0.05, 0) is 19.9 Å². The highest BCUT2D eigenvalue weighted by Crippen LogP contribution is 2.23. The predicted molar refractivity (Wildman–Crippen MR) is 70.0 cm³/mol. The number of hydrogen-bond acceptors (Lipinski definition) is 4. The summed E-state index contributed by atoms with van der Waals surface area (Å²) in [5, 5.41) is 9.24. The molecule has 7 nitrogen and oxygen atoms in total. The molecule has 0 saturated carbocycles. The zero-order chi connectivity index (χ0) is 15.0. The van der Waals surface area contributed by atoms with Crippen molar-refractivity contribution in [1.29, 1.82) is 0 Å². The van der Waals surface area contributed by atoms with E-state index in [1.165, 1.54) is 30.9 Å². The van der Waals surface area contributed by atoms with E-state index in [4.69, 9.17) is 5.73 Å². The molecule has 0 atom stereocenters. The molecule has 0 unspecified atom stereocenters. The zero-order valence-corrected chi connectivity index (χ0v) is 12.2. The van der Waals surface area contributed by atoms with Crippen LogP contribution in [-0.2, 0) is 17.1 Å². The van der Waals surface area contributed by atoms with Gasteiger partial charge in [0.15, 0.2) is 0 Å². The molecule has 108 valence electrons. The van der Waals surface area contributed by atoms with Crippen molar-refractivity contribution >= 4 is 15.9 Å². The molecular formula is C11H19N3O4S. The molecule has 1 aromatic heterocycles. The van der Waals surface area contributed by atoms with E-state index >= 15 is 0 Å². The first-order chi connectivity index (χ1) is 8.54. The number of primary amides is 1. The van der Waals surface area contributed by atoms with Gasteiger partial charge in [-0.1, -0.05) is 0 Å². The first-order valence-corrected chi connectivity index (χ1v) is 7.04. The van der Waals surface area contributed by atoms with Gasteiger partial charge in [-0.15, -0.1) is 0 Å². The molecule has 3 N–H and O–H groups in total. The number of rotatable bonds is 5. The normalized spacial score (nSPS) is 12.9. The van der Waals surface area contributed by atoms with E-state index in [-0.39, 0.29) is 17.2 Å². The van der Waals surface area contributed by atoms with Gasteiger partial charge in [0.2, 0.25) is 10.0 Å². The van der Waals surface area contributed by atoms with Crippen LogP contribution in [0.5, 0.6) is 0 Å². The van der Waals surface area contributed by atoms with Crippen molar-refractivity contribution in [1.82, 2.24) is 8.87 Å². The van der Waals surface area contributed by atoms with Gasteiger partial charge in [0.1, 0.15) is 10.6 Å². The molecule has 19 heavy (non-hydrogen) atoms. The van der Waals surface area contributed by atoms with E-state index in [2.05, 4.69) is 0 Å². The molecular weight excluding hydrogens is 270 g/mol. The van der Waals surface area contributed by atoms with Gasteiger partial charge in [0.25, 0.3) is 5.91 Å². The lowest BCUT2D eigenvalue weighted by Gasteiger charge is -2.32. The van der Waals surface area contributed by atoms with E-state index in [0.29, 0.717) is 0 Å². The van der Waals surface area contributed by atoms with Crippen LogP contribution < -0.4 is 5.73 Å². The standard InChI is InChI=1S/C11H19N3O4S/c1-11(2,7-15)14(4)19(17,18)8-5-9(10(12)16)13(3)6-8/h5-6,15H,7H2,1-4H3,(H2,12,16). The lowest BCUT2D eigenvalue weighted by Crippen LogP contribution is -2.47. The van der Waals surface area contributed by atoms with Gasteiger partial charge in [-0.3, -0.25) is 4.79 Å². The van der Waals surface area contributed by atoms with Crippen molar-refractivity contribution in [2.45, 2.75) is 24.3 Å². The van der Waals surface area contributed by atoms with E-state index in [9.17, 15) is 18.3 Å². The van der Waals surface area contributed by atoms with Gasteiger partial charge in [-0.25, -0.2) is 8.42 Å². The van der Waals surface area contributed by atoms with Crippen LogP contribution in [0.4, 0.5) is 0 Å². The molecule has 0 aromatic carbocycles. The van der Waals surface area contributed by atoms with Crippen LogP contribution in [-0.4, -0.2) is 47.5 Å². The fourth-order valence-corrected chi connectivity index (χ4v) is 3.08. The minimum Gasteiger partial charge on any atom is -0.394 e. The Morgan fingerprint density at radius 3 is 2.42 bits per heavy atom. The number of aliphatic hydroxyl groups is 1. The van der Waals surface area contributed by atoms with Crippen LogP contribution in [0.1, 0.15) is 24.3 Å². The highest BCUT2D eigenvalue weighted by atomic mass is 32.2. The molecule has 0 fully saturated rings. The third-order valence-electron chi connectivity index (χ3n) is 3.13. The summed E-state index contributed by atoms with van der Waals surface area (Å²) in [7, 11) is -0.884. The first kappa shape index (κ1) is 15.7. The zero-order valence-electron chi connectivity index (χ0n) is 11.4. The topological polar surface area (TPSA) is 106 Å². The molecule has 0 saturated heterocycles. The monoisotopic (exact) mass is 289 g/mol. The molecule has 1 aromatic rings. The second kappa shape index (κ2) is 4.95. The van der Waals surface area contributed by atoms with Crippen molar-refractivity contribution in [3.63, 3.8) is 0 Å². The van der Waals surface area contributed by atoms with E-state index in [1.807, 2.05) is 0 Å². The van der Waals surface area contributed by atoms with Crippen molar-refractivity contribution in [3.05, 3.63) is 18.0 Å². The Labute approximate surface area is 112 Å². The molecule has 0 radical (unpaired) electrons. The average Bonchev–Trinajstić information content (AvgIpc) is 2.71. The number of nitrogens with two attached hydrogens (primary N) is 1. The molecule has 1 rings (SSSR count). The highest BCUT2D eigenvalue weighted by Gasteiger charge is 2.34. The van der Waals surface area contributed by atoms with Gasteiger partial charge < -0.3 is 15.4 Å². The van der Waals surface area contributed by atoms with Crippen LogP contribution >= 0.6 is 0 Å². The predicted octanol–water partition coefficient (Wildman–Crippen LogP) is -0.485. The largest absolute Gasteiger partial charge is 0.394 e. The maximum absolute atomic E-state index is 12.4. The number of hydrogen-bond donors (Lipinski definition) is 2. The van der Waals surface area contributed by atoms with E-state index in [1.54, 1.807) is 13.8 Å². The molecule has 0 aliphatic rings. The quantitative estimate of drug-likeness (QED) is 0.763. The highest BCUT2D eigenvalue weighted by molar-refractivity contribution is 7.89. The smallest absolute Gasteiger partial charge is 0.265 e. The van der Waals surface area contributed by atoms with Crippen LogP contribution in [0.3, 0.4) is 0 Å². The molecule has 1 amide bonds. The first-order valence-electron chi connectivity index (χ1n) is 5.60. The molecule has 8 heteroatoms. The van der Waals surface area contributed by atoms with Gasteiger partial charge >= 0.3 is 0 Å². The van der Waals surface area contributed by atoms with Gasteiger partial charge in [0.05, 0.1) is 12.1 Å². The minimum absolute atomic E-state index is 0.0344. The number of aliphatic hydroxyl groups excluding tert-OH is 1. The van der Waals surface area contributed by atoms with Gasteiger partial charge in [-0.2, -0.15) is 4.31 Å². The summed E-state index contributed by atoms with van der Waals surface area (Å²) in [4.78, 5) is 11.1. The molecule has 0 spiro atoms. The summed E-state index contributed by atoms with van der Waals surface area (Å²) < 4.78 is 27.2. The minimum atomic E-state index is -3.80. The number of carbonyl (C=O) groups excluding carboxylic acids is 1. The fraction of sp³-hybridized carbons (Fsp3) is 0.545. The number of amides is 1. The second-order valence-electron chi connectivity index (χ2n) is 4.98. The SMILES string of the molecule is CN(C(C)(C)CO)S(=O)(=O)c1cc(C(N)=O)n(C)c1.